The first-order valence-corrected chi connectivity index (χ1v) is 18.0. The molecule has 0 fully saturated rings. The predicted octanol–water partition coefficient (Wildman–Crippen LogP) is 11.9. The van der Waals surface area contributed by atoms with Crippen LogP contribution in [0.25, 0.3) is 50.0 Å². The molecule has 1 unspecified atom stereocenters. The van der Waals surface area contributed by atoms with Crippen LogP contribution in [-0.2, 0) is 12.5 Å². The highest BCUT2D eigenvalue weighted by Gasteiger charge is 2.39. The van der Waals surface area contributed by atoms with Crippen LogP contribution in [0.15, 0.2) is 158 Å². The molecule has 0 radical (unpaired) electrons. The number of fused-ring (bicyclic) bond motifs is 7. The third-order valence-corrected chi connectivity index (χ3v) is 11.0. The van der Waals surface area contributed by atoms with Crippen molar-refractivity contribution in [3.63, 3.8) is 0 Å². The predicted molar refractivity (Wildman–Crippen MR) is 214 cm³/mol. The van der Waals surface area contributed by atoms with E-state index in [2.05, 4.69) is 113 Å². The number of nitrogens with zero attached hydrogens (tertiary/aromatic N) is 5. The molecule has 6 heteroatoms. The quantitative estimate of drug-likeness (QED) is 0.181. The summed E-state index contributed by atoms with van der Waals surface area (Å²) in [5.74, 6) is 0.810. The Labute approximate surface area is 307 Å². The molecule has 0 aliphatic carbocycles. The average molecular weight is 690 g/mol. The first-order chi connectivity index (χ1) is 25.9. The number of aryl methyl sites for hydroxylation is 1. The number of anilines is 3. The molecular formula is C47H36FN5. The number of para-hydroxylation sites is 4. The Morgan fingerprint density at radius 3 is 2.23 bits per heavy atom. The molecule has 1 atom stereocenters. The Morgan fingerprint density at radius 2 is 1.38 bits per heavy atom. The Hall–Kier alpha value is -6.53. The van der Waals surface area contributed by atoms with Crippen LogP contribution in [0.2, 0.25) is 0 Å². The minimum Gasteiger partial charge on any atom is -0.327 e. The van der Waals surface area contributed by atoms with Crippen LogP contribution < -0.4 is 4.90 Å². The number of imidazole rings is 1. The molecule has 0 bridgehead atoms. The third-order valence-electron chi connectivity index (χ3n) is 11.0. The Morgan fingerprint density at radius 1 is 0.642 bits per heavy atom. The summed E-state index contributed by atoms with van der Waals surface area (Å²) in [6.07, 6.45) is 0.503. The molecule has 0 spiro atoms. The van der Waals surface area contributed by atoms with Gasteiger partial charge in [0.2, 0.25) is 0 Å². The van der Waals surface area contributed by atoms with Crippen LogP contribution >= 0.6 is 0 Å². The zero-order valence-electron chi connectivity index (χ0n) is 29.7. The Balaban J connectivity index is 1.13. The lowest BCUT2D eigenvalue weighted by Gasteiger charge is -2.42. The summed E-state index contributed by atoms with van der Waals surface area (Å²) in [5.41, 5.74) is 12.4. The van der Waals surface area contributed by atoms with Crippen molar-refractivity contribution < 1.29 is 4.39 Å². The number of hydrogen-bond acceptors (Lipinski definition) is 3. The van der Waals surface area contributed by atoms with Crippen LogP contribution in [0.5, 0.6) is 0 Å². The summed E-state index contributed by atoms with van der Waals surface area (Å²) < 4.78 is 21.0. The van der Waals surface area contributed by atoms with Gasteiger partial charge in [0.05, 0.1) is 27.9 Å². The van der Waals surface area contributed by atoms with Crippen LogP contribution in [0, 0.1) is 0 Å². The maximum atomic E-state index is 16.7. The van der Waals surface area contributed by atoms with Crippen LogP contribution in [0.3, 0.4) is 0 Å². The molecule has 0 amide bonds. The lowest BCUT2D eigenvalue weighted by molar-refractivity contribution is 0.402. The number of pyridine rings is 1. The molecule has 5 nitrogen and oxygen atoms in total. The average Bonchev–Trinajstić information content (AvgIpc) is 3.72. The van der Waals surface area contributed by atoms with E-state index in [9.17, 15) is 0 Å². The smallest absolute Gasteiger partial charge is 0.150 e. The third kappa shape index (κ3) is 4.68. The molecule has 256 valence electrons. The van der Waals surface area contributed by atoms with E-state index < -0.39 is 6.17 Å². The lowest BCUT2D eigenvalue weighted by Crippen LogP contribution is -2.30. The number of alkyl halides is 1. The lowest BCUT2D eigenvalue weighted by atomic mass is 9.72. The minimum atomic E-state index is -1.34. The highest BCUT2D eigenvalue weighted by Crippen LogP contribution is 2.55. The summed E-state index contributed by atoms with van der Waals surface area (Å²) in [7, 11) is 2.00. The summed E-state index contributed by atoms with van der Waals surface area (Å²) in [6, 6.07) is 51.5. The second-order valence-corrected chi connectivity index (χ2v) is 14.4. The van der Waals surface area contributed by atoms with E-state index in [0.29, 0.717) is 11.1 Å². The maximum absolute atomic E-state index is 16.7. The number of rotatable bonds is 5. The first kappa shape index (κ1) is 31.2. The van der Waals surface area contributed by atoms with Gasteiger partial charge in [-0.3, -0.25) is 4.57 Å². The van der Waals surface area contributed by atoms with Gasteiger partial charge < -0.3 is 9.47 Å². The van der Waals surface area contributed by atoms with Gasteiger partial charge >= 0.3 is 0 Å². The summed E-state index contributed by atoms with van der Waals surface area (Å²) in [4.78, 5) is 12.2. The van der Waals surface area contributed by atoms with E-state index >= 15 is 4.39 Å². The first-order valence-electron chi connectivity index (χ1n) is 18.0. The van der Waals surface area contributed by atoms with Gasteiger partial charge in [0.15, 0.2) is 6.17 Å². The van der Waals surface area contributed by atoms with Gasteiger partial charge in [-0.15, -0.1) is 0 Å². The van der Waals surface area contributed by atoms with Crippen molar-refractivity contribution in [1.82, 2.24) is 19.1 Å². The van der Waals surface area contributed by atoms with E-state index in [0.717, 1.165) is 61.4 Å². The molecule has 1 aliphatic heterocycles. The molecule has 6 aromatic carbocycles. The second-order valence-electron chi connectivity index (χ2n) is 14.4. The van der Waals surface area contributed by atoms with Gasteiger partial charge in [0, 0.05) is 46.4 Å². The highest BCUT2D eigenvalue weighted by molar-refractivity contribution is 6.13. The minimum absolute atomic E-state index is 0.318. The van der Waals surface area contributed by atoms with Crippen LogP contribution in [-0.4, -0.2) is 19.1 Å². The molecule has 0 saturated carbocycles. The van der Waals surface area contributed by atoms with Crippen molar-refractivity contribution >= 4 is 50.0 Å². The molecule has 9 aromatic rings. The molecule has 1 aliphatic rings. The Kier molecular flexibility index (Phi) is 6.92. The summed E-state index contributed by atoms with van der Waals surface area (Å²) in [5, 5.41) is 2.22. The number of hydrogen-bond donors (Lipinski definition) is 0. The van der Waals surface area contributed by atoms with Crippen molar-refractivity contribution in [2.24, 2.45) is 7.05 Å². The van der Waals surface area contributed by atoms with Crippen LogP contribution in [0.4, 0.5) is 21.5 Å². The molecule has 4 heterocycles. The summed E-state index contributed by atoms with van der Waals surface area (Å²) in [6.45, 7) is 4.64. The SMILES string of the molecule is Cn1c(-c2cccc(C(F)c3cccc(-n4c5ccc6c(c5c5cccnc54)C(C)(C)c4ccccc4N6c4ccccc4)c3)c2)nc2ccccc21. The number of benzene rings is 6. The number of aromatic nitrogens is 4. The van der Waals surface area contributed by atoms with Crippen molar-refractivity contribution in [2.75, 3.05) is 4.90 Å². The van der Waals surface area contributed by atoms with Gasteiger partial charge in [-0.1, -0.05) is 92.7 Å². The zero-order chi connectivity index (χ0) is 35.8. The number of halogens is 1. The fraction of sp³-hybridized carbons (Fsp3) is 0.106. The van der Waals surface area contributed by atoms with E-state index in [1.54, 1.807) is 0 Å². The fourth-order valence-corrected chi connectivity index (χ4v) is 8.57. The zero-order valence-corrected chi connectivity index (χ0v) is 29.7. The largest absolute Gasteiger partial charge is 0.327 e. The highest BCUT2D eigenvalue weighted by atomic mass is 19.1. The normalized spacial score (nSPS) is 14.1. The fourth-order valence-electron chi connectivity index (χ4n) is 8.57. The monoisotopic (exact) mass is 689 g/mol. The standard InChI is InChI=1S/C47H36FN5/c1-47(2)36-21-7-9-23-38(36)52(33-17-5-4-6-18-33)41-26-25-40-42(43(41)47)35-20-13-27-49-46(35)53(40)34-19-12-15-31(29-34)44(48)30-14-11-16-32(28-30)45-50-37-22-8-10-24-39(37)51(45)3/h4-29,44H,1-3H3. The van der Waals surface area contributed by atoms with Gasteiger partial charge in [-0.25, -0.2) is 14.4 Å². The topological polar surface area (TPSA) is 38.9 Å². The van der Waals surface area contributed by atoms with Crippen molar-refractivity contribution in [2.45, 2.75) is 25.4 Å². The van der Waals surface area contributed by atoms with E-state index in [-0.39, 0.29) is 5.41 Å². The van der Waals surface area contributed by atoms with Crippen molar-refractivity contribution in [3.05, 3.63) is 180 Å². The van der Waals surface area contributed by atoms with Crippen molar-refractivity contribution in [3.8, 4) is 17.1 Å². The maximum Gasteiger partial charge on any atom is 0.150 e. The Bertz CT molecular complexity index is 2870. The molecule has 0 saturated heterocycles. The van der Waals surface area contributed by atoms with E-state index in [1.165, 1.54) is 16.8 Å². The van der Waals surface area contributed by atoms with Gasteiger partial charge in [0.25, 0.3) is 0 Å². The second kappa shape index (κ2) is 11.8. The van der Waals surface area contributed by atoms with Gasteiger partial charge in [0.1, 0.15) is 11.5 Å². The van der Waals surface area contributed by atoms with Crippen molar-refractivity contribution in [1.29, 1.82) is 0 Å². The molecule has 10 rings (SSSR count). The van der Waals surface area contributed by atoms with Crippen LogP contribution in [0.1, 0.15) is 42.3 Å². The van der Waals surface area contributed by atoms with Gasteiger partial charge in [-0.05, 0) is 95.1 Å². The molecular weight excluding hydrogens is 654 g/mol. The van der Waals surface area contributed by atoms with E-state index in [4.69, 9.17) is 9.97 Å². The molecule has 3 aromatic heterocycles. The molecule has 53 heavy (non-hydrogen) atoms. The van der Waals surface area contributed by atoms with Gasteiger partial charge in [-0.2, -0.15) is 0 Å². The molecule has 0 N–H and O–H groups in total. The van der Waals surface area contributed by atoms with E-state index in [1.807, 2.05) is 80.0 Å². The summed E-state index contributed by atoms with van der Waals surface area (Å²) >= 11 is 0.